The number of nitrogen functional groups attached to an aromatic ring is 1. The molecule has 0 amide bonds. The van der Waals surface area contributed by atoms with Crippen molar-refractivity contribution in [2.45, 2.75) is 23.8 Å². The van der Waals surface area contributed by atoms with Gasteiger partial charge in [0.05, 0.1) is 11.2 Å². The Bertz CT molecular complexity index is 574. The lowest BCUT2D eigenvalue weighted by molar-refractivity contribution is 1.03. The van der Waals surface area contributed by atoms with Crippen molar-refractivity contribution in [3.05, 3.63) is 40.5 Å². The average Bonchev–Trinajstić information content (AvgIpc) is 2.35. The van der Waals surface area contributed by atoms with Crippen molar-refractivity contribution in [3.63, 3.8) is 0 Å². The Balaban J connectivity index is 2.33. The van der Waals surface area contributed by atoms with Crippen molar-refractivity contribution >= 4 is 29.3 Å². The van der Waals surface area contributed by atoms with Crippen LogP contribution in [0.1, 0.15) is 11.1 Å². The van der Waals surface area contributed by atoms with Crippen molar-refractivity contribution < 1.29 is 0 Å². The van der Waals surface area contributed by atoms with E-state index in [-0.39, 0.29) is 0 Å². The number of hydrazine groups is 1. The number of hydrogen-bond donors (Lipinski definition) is 2. The quantitative estimate of drug-likeness (QED) is 0.514. The second-order valence-corrected chi connectivity index (χ2v) is 5.30. The monoisotopic (exact) mass is 280 g/mol. The molecule has 0 saturated heterocycles. The highest BCUT2D eigenvalue weighted by Gasteiger charge is 2.08. The van der Waals surface area contributed by atoms with Crippen LogP contribution in [0, 0.1) is 13.8 Å². The van der Waals surface area contributed by atoms with Gasteiger partial charge in [-0.3, -0.25) is 5.43 Å². The number of nitrogens with two attached hydrogens (primary N) is 1. The predicted octanol–water partition coefficient (Wildman–Crippen LogP) is 3.18. The van der Waals surface area contributed by atoms with E-state index in [2.05, 4.69) is 47.4 Å². The molecule has 0 fully saturated rings. The lowest BCUT2D eigenvalue weighted by Gasteiger charge is -2.08. The molecule has 94 valence electrons. The molecule has 1 aromatic carbocycles. The maximum absolute atomic E-state index is 6.07. The molecule has 0 bridgehead atoms. The number of aromatic nitrogens is 2. The molecule has 0 radical (unpaired) electrons. The van der Waals surface area contributed by atoms with Crippen LogP contribution in [0.4, 0.5) is 5.95 Å². The van der Waals surface area contributed by atoms with Gasteiger partial charge in [-0.1, -0.05) is 41.1 Å². The number of rotatable bonds is 3. The Morgan fingerprint density at radius 3 is 2.78 bits per heavy atom. The fraction of sp³-hybridized carbons (Fsp3) is 0.167. The van der Waals surface area contributed by atoms with E-state index in [4.69, 9.17) is 17.4 Å². The molecule has 18 heavy (non-hydrogen) atoms. The molecule has 3 N–H and O–H groups in total. The number of halogens is 1. The molecule has 2 aromatic rings. The molecule has 1 aromatic heterocycles. The zero-order chi connectivity index (χ0) is 13.1. The van der Waals surface area contributed by atoms with Crippen LogP contribution in [0.3, 0.4) is 0 Å². The standard InChI is InChI=1S/C12H13ClN4S/c1-7-3-4-10(8(2)5-7)18-11-9(13)6-15-12(16-11)17-14/h3-6H,14H2,1-2H3,(H,15,16,17). The second-order valence-electron chi connectivity index (χ2n) is 3.86. The van der Waals surface area contributed by atoms with Crippen LogP contribution in [0.2, 0.25) is 5.02 Å². The Labute approximate surface area is 115 Å². The maximum Gasteiger partial charge on any atom is 0.238 e. The van der Waals surface area contributed by atoms with Crippen molar-refractivity contribution in [2.24, 2.45) is 5.84 Å². The van der Waals surface area contributed by atoms with E-state index in [1.54, 1.807) is 0 Å². The normalized spacial score (nSPS) is 10.4. The number of nitrogens with zero attached hydrogens (tertiary/aromatic N) is 2. The highest BCUT2D eigenvalue weighted by atomic mass is 35.5. The van der Waals surface area contributed by atoms with Gasteiger partial charge in [-0.15, -0.1) is 0 Å². The van der Waals surface area contributed by atoms with Crippen molar-refractivity contribution in [1.29, 1.82) is 0 Å². The van der Waals surface area contributed by atoms with E-state index in [1.807, 2.05) is 0 Å². The number of nitrogens with one attached hydrogen (secondary N) is 1. The predicted molar refractivity (Wildman–Crippen MR) is 74.9 cm³/mol. The lowest BCUT2D eigenvalue weighted by atomic mass is 10.2. The van der Waals surface area contributed by atoms with Gasteiger partial charge in [-0.25, -0.2) is 15.8 Å². The van der Waals surface area contributed by atoms with Crippen LogP contribution < -0.4 is 11.3 Å². The van der Waals surface area contributed by atoms with Crippen LogP contribution in [-0.2, 0) is 0 Å². The van der Waals surface area contributed by atoms with Crippen LogP contribution in [0.5, 0.6) is 0 Å². The first-order valence-corrected chi connectivity index (χ1v) is 6.54. The molecule has 0 aliphatic heterocycles. The first-order valence-electron chi connectivity index (χ1n) is 5.34. The number of hydrogen-bond acceptors (Lipinski definition) is 5. The summed E-state index contributed by atoms with van der Waals surface area (Å²) in [5.74, 6) is 5.64. The van der Waals surface area contributed by atoms with Gasteiger partial charge in [0.15, 0.2) is 0 Å². The van der Waals surface area contributed by atoms with Crippen LogP contribution in [0.25, 0.3) is 0 Å². The summed E-state index contributed by atoms with van der Waals surface area (Å²) in [7, 11) is 0. The smallest absolute Gasteiger partial charge is 0.238 e. The Hall–Kier alpha value is -1.30. The Morgan fingerprint density at radius 2 is 2.11 bits per heavy atom. The van der Waals surface area contributed by atoms with Crippen molar-refractivity contribution in [2.75, 3.05) is 5.43 Å². The topological polar surface area (TPSA) is 63.8 Å². The van der Waals surface area contributed by atoms with E-state index in [9.17, 15) is 0 Å². The zero-order valence-corrected chi connectivity index (χ0v) is 11.6. The highest BCUT2D eigenvalue weighted by Crippen LogP contribution is 2.33. The summed E-state index contributed by atoms with van der Waals surface area (Å²) < 4.78 is 0. The first kappa shape index (κ1) is 13.1. The van der Waals surface area contributed by atoms with Gasteiger partial charge in [0.25, 0.3) is 0 Å². The molecule has 0 unspecified atom stereocenters. The molecule has 0 aliphatic rings. The fourth-order valence-corrected chi connectivity index (χ4v) is 2.56. The maximum atomic E-state index is 6.07. The largest absolute Gasteiger partial charge is 0.292 e. The summed E-state index contributed by atoms with van der Waals surface area (Å²) in [4.78, 5) is 9.29. The number of benzene rings is 1. The molecule has 0 aliphatic carbocycles. The van der Waals surface area contributed by atoms with Gasteiger partial charge < -0.3 is 0 Å². The van der Waals surface area contributed by atoms with Gasteiger partial charge in [0, 0.05) is 4.90 Å². The molecule has 6 heteroatoms. The fourth-order valence-electron chi connectivity index (χ4n) is 1.51. The molecule has 0 saturated carbocycles. The van der Waals surface area contributed by atoms with E-state index in [0.717, 1.165) is 4.90 Å². The molecule has 0 spiro atoms. The number of aryl methyl sites for hydroxylation is 2. The van der Waals surface area contributed by atoms with Gasteiger partial charge in [-0.05, 0) is 25.5 Å². The van der Waals surface area contributed by atoms with Gasteiger partial charge in [0.2, 0.25) is 5.95 Å². The van der Waals surface area contributed by atoms with Crippen LogP contribution in [-0.4, -0.2) is 9.97 Å². The average molecular weight is 281 g/mol. The number of anilines is 1. The van der Waals surface area contributed by atoms with Gasteiger partial charge in [0.1, 0.15) is 5.03 Å². The van der Waals surface area contributed by atoms with Crippen molar-refractivity contribution in [3.8, 4) is 0 Å². The third-order valence-electron chi connectivity index (χ3n) is 2.38. The minimum absolute atomic E-state index is 0.353. The van der Waals surface area contributed by atoms with Crippen LogP contribution in [0.15, 0.2) is 34.3 Å². The summed E-state index contributed by atoms with van der Waals surface area (Å²) in [6.45, 7) is 4.13. The van der Waals surface area contributed by atoms with Gasteiger partial charge >= 0.3 is 0 Å². The minimum Gasteiger partial charge on any atom is -0.292 e. The summed E-state index contributed by atoms with van der Waals surface area (Å²) in [6.07, 6.45) is 1.54. The van der Waals surface area contributed by atoms with Gasteiger partial charge in [-0.2, -0.15) is 0 Å². The van der Waals surface area contributed by atoms with Crippen molar-refractivity contribution in [1.82, 2.24) is 9.97 Å². The third-order valence-corrected chi connectivity index (χ3v) is 3.95. The highest BCUT2D eigenvalue weighted by molar-refractivity contribution is 7.99. The van der Waals surface area contributed by atoms with Crippen LogP contribution >= 0.6 is 23.4 Å². The summed E-state index contributed by atoms with van der Waals surface area (Å²) >= 11 is 7.57. The van der Waals surface area contributed by atoms with E-state index >= 15 is 0 Å². The molecular weight excluding hydrogens is 268 g/mol. The molecule has 2 rings (SSSR count). The van der Waals surface area contributed by atoms with E-state index in [1.165, 1.54) is 29.1 Å². The summed E-state index contributed by atoms with van der Waals surface area (Å²) in [5, 5.41) is 1.20. The summed E-state index contributed by atoms with van der Waals surface area (Å²) in [6, 6.07) is 6.25. The second kappa shape index (κ2) is 5.56. The Morgan fingerprint density at radius 1 is 1.33 bits per heavy atom. The minimum atomic E-state index is 0.353. The first-order chi connectivity index (χ1) is 8.60. The Kier molecular flexibility index (Phi) is 4.06. The molecular formula is C12H13ClN4S. The molecule has 4 nitrogen and oxygen atoms in total. The third kappa shape index (κ3) is 2.93. The lowest BCUT2D eigenvalue weighted by Crippen LogP contribution is -2.10. The molecule has 0 atom stereocenters. The molecule has 1 heterocycles. The SMILES string of the molecule is Cc1ccc(Sc2nc(NN)ncc2Cl)c(C)c1. The zero-order valence-electron chi connectivity index (χ0n) is 10.1. The van der Waals surface area contributed by atoms with E-state index in [0.29, 0.717) is 16.0 Å². The van der Waals surface area contributed by atoms with E-state index < -0.39 is 0 Å². The summed E-state index contributed by atoms with van der Waals surface area (Å²) in [5.41, 5.74) is 4.83.